The molecule has 0 aromatic carbocycles. The first-order chi connectivity index (χ1) is 2.50. The van der Waals surface area contributed by atoms with Crippen LogP contribution in [0.15, 0.2) is 11.5 Å². The Balaban J connectivity index is 2.32. The van der Waals surface area contributed by atoms with E-state index in [1.165, 1.54) is 5.75 Å². The molecular weight excluding hydrogens is 80.1 g/mol. The Morgan fingerprint density at radius 3 is 2.80 bits per heavy atom. The molecule has 0 saturated carbocycles. The second-order valence-corrected chi connectivity index (χ2v) is 1.84. The van der Waals surface area contributed by atoms with Gasteiger partial charge in [0.2, 0.25) is 0 Å². The van der Waals surface area contributed by atoms with Crippen molar-refractivity contribution in [2.45, 2.75) is 0 Å². The SMILES string of the molecule is [CH]1C=CSC1. The summed E-state index contributed by atoms with van der Waals surface area (Å²) in [5.74, 6) is 1.18. The monoisotopic (exact) mass is 85.0 g/mol. The molecule has 0 aromatic rings. The highest BCUT2D eigenvalue weighted by molar-refractivity contribution is 8.02. The summed E-state index contributed by atoms with van der Waals surface area (Å²) in [6.45, 7) is 0. The number of hydrogen-bond donors (Lipinski definition) is 0. The maximum Gasteiger partial charge on any atom is 0.00432 e. The molecule has 1 heterocycles. The largest absolute Gasteiger partial charge is 0.134 e. The molecule has 0 amide bonds. The van der Waals surface area contributed by atoms with Gasteiger partial charge in [-0.3, -0.25) is 0 Å². The molecule has 0 N–H and O–H groups in total. The third-order valence-electron chi connectivity index (χ3n) is 0.503. The van der Waals surface area contributed by atoms with Gasteiger partial charge >= 0.3 is 0 Å². The van der Waals surface area contributed by atoms with E-state index in [4.69, 9.17) is 0 Å². The Bertz CT molecular complexity index is 41.6. The zero-order valence-corrected chi connectivity index (χ0v) is 3.66. The molecule has 1 radical (unpaired) electrons. The van der Waals surface area contributed by atoms with E-state index in [-0.39, 0.29) is 0 Å². The molecule has 1 aliphatic rings. The van der Waals surface area contributed by atoms with Crippen molar-refractivity contribution in [3.8, 4) is 0 Å². The lowest BCUT2D eigenvalue weighted by atomic mass is 10.5. The second kappa shape index (κ2) is 1.51. The first kappa shape index (κ1) is 3.29. The molecule has 1 heteroatoms. The van der Waals surface area contributed by atoms with Crippen LogP contribution < -0.4 is 0 Å². The predicted molar refractivity (Wildman–Crippen MR) is 25.9 cm³/mol. The smallest absolute Gasteiger partial charge is 0.00432 e. The van der Waals surface area contributed by atoms with Crippen LogP contribution in [0.1, 0.15) is 0 Å². The normalized spacial score (nSPS) is 20.8. The van der Waals surface area contributed by atoms with Gasteiger partial charge in [0.25, 0.3) is 0 Å². The predicted octanol–water partition coefficient (Wildman–Crippen LogP) is 1.45. The maximum atomic E-state index is 2.14. The van der Waals surface area contributed by atoms with Crippen molar-refractivity contribution < 1.29 is 0 Å². The Kier molecular flexibility index (Phi) is 0.991. The molecule has 0 aromatic heterocycles. The minimum atomic E-state index is 1.18. The van der Waals surface area contributed by atoms with Crippen LogP contribution in [0.25, 0.3) is 0 Å². The van der Waals surface area contributed by atoms with Gasteiger partial charge in [-0.25, -0.2) is 0 Å². The van der Waals surface area contributed by atoms with Crippen molar-refractivity contribution in [1.82, 2.24) is 0 Å². The van der Waals surface area contributed by atoms with Gasteiger partial charge < -0.3 is 0 Å². The highest BCUT2D eigenvalue weighted by atomic mass is 32.2. The number of hydrogen-bond acceptors (Lipinski definition) is 1. The van der Waals surface area contributed by atoms with Gasteiger partial charge in [-0.1, -0.05) is 6.08 Å². The van der Waals surface area contributed by atoms with Gasteiger partial charge in [0.15, 0.2) is 0 Å². The lowest BCUT2D eigenvalue weighted by Gasteiger charge is -1.69. The van der Waals surface area contributed by atoms with E-state index in [1.54, 1.807) is 0 Å². The molecule has 0 nitrogen and oxygen atoms in total. The van der Waals surface area contributed by atoms with Crippen LogP contribution in [0.4, 0.5) is 0 Å². The van der Waals surface area contributed by atoms with Crippen molar-refractivity contribution in [1.29, 1.82) is 0 Å². The number of allylic oxidation sites excluding steroid dienone is 1. The van der Waals surface area contributed by atoms with E-state index in [2.05, 4.69) is 17.9 Å². The zero-order chi connectivity index (χ0) is 3.54. The van der Waals surface area contributed by atoms with E-state index < -0.39 is 0 Å². The van der Waals surface area contributed by atoms with Crippen LogP contribution in [0, 0.1) is 6.42 Å². The van der Waals surface area contributed by atoms with Crippen LogP contribution in [-0.4, -0.2) is 5.75 Å². The number of rotatable bonds is 0. The Morgan fingerprint density at radius 1 is 1.60 bits per heavy atom. The van der Waals surface area contributed by atoms with Crippen molar-refractivity contribution >= 4 is 11.8 Å². The molecular formula is C4H5S. The fraction of sp³-hybridized carbons (Fsp3) is 0.250. The van der Waals surface area contributed by atoms with Crippen LogP contribution in [0.2, 0.25) is 0 Å². The van der Waals surface area contributed by atoms with Crippen molar-refractivity contribution in [3.63, 3.8) is 0 Å². The van der Waals surface area contributed by atoms with Crippen molar-refractivity contribution in [2.24, 2.45) is 0 Å². The third-order valence-corrected chi connectivity index (χ3v) is 1.24. The van der Waals surface area contributed by atoms with Gasteiger partial charge in [0, 0.05) is 5.75 Å². The topological polar surface area (TPSA) is 0 Å². The second-order valence-electron chi connectivity index (χ2n) is 0.898. The Morgan fingerprint density at radius 2 is 2.60 bits per heavy atom. The van der Waals surface area contributed by atoms with Crippen LogP contribution in [0.5, 0.6) is 0 Å². The van der Waals surface area contributed by atoms with Crippen LogP contribution in [-0.2, 0) is 0 Å². The average Bonchev–Trinajstić information content (AvgIpc) is 1.76. The van der Waals surface area contributed by atoms with Crippen LogP contribution >= 0.6 is 11.8 Å². The van der Waals surface area contributed by atoms with Gasteiger partial charge in [-0.05, 0) is 11.8 Å². The minimum absolute atomic E-state index is 1.18. The van der Waals surface area contributed by atoms with Crippen molar-refractivity contribution in [3.05, 3.63) is 17.9 Å². The molecule has 0 spiro atoms. The standard InChI is InChI=1S/C4H5S/c1-2-4-5-3-1/h1-3H,4H2. The van der Waals surface area contributed by atoms with Crippen LogP contribution in [0.3, 0.4) is 0 Å². The Labute approximate surface area is 36.3 Å². The quantitative estimate of drug-likeness (QED) is 0.429. The van der Waals surface area contributed by atoms with Gasteiger partial charge in [-0.15, -0.1) is 11.8 Å². The minimum Gasteiger partial charge on any atom is -0.134 e. The first-order valence-corrected chi connectivity index (χ1v) is 2.65. The molecule has 0 unspecified atom stereocenters. The lowest BCUT2D eigenvalue weighted by molar-refractivity contribution is 1.63. The molecule has 0 atom stereocenters. The fourth-order valence-corrected chi connectivity index (χ4v) is 0.833. The third kappa shape index (κ3) is 0.690. The summed E-state index contributed by atoms with van der Waals surface area (Å²) in [4.78, 5) is 0. The van der Waals surface area contributed by atoms with Gasteiger partial charge in [0.1, 0.15) is 0 Å². The summed E-state index contributed by atoms with van der Waals surface area (Å²) in [5.41, 5.74) is 0. The summed E-state index contributed by atoms with van der Waals surface area (Å²) >= 11 is 1.84. The lowest BCUT2D eigenvalue weighted by Crippen LogP contribution is -1.58. The summed E-state index contributed by atoms with van der Waals surface area (Å²) < 4.78 is 0. The van der Waals surface area contributed by atoms with E-state index >= 15 is 0 Å². The molecule has 5 heavy (non-hydrogen) atoms. The highest BCUT2D eigenvalue weighted by Gasteiger charge is 1.85. The Hall–Kier alpha value is 0.0900. The van der Waals surface area contributed by atoms with E-state index in [1.807, 2.05) is 11.8 Å². The van der Waals surface area contributed by atoms with E-state index in [0.717, 1.165) is 0 Å². The maximum absolute atomic E-state index is 2.14. The summed E-state index contributed by atoms with van der Waals surface area (Å²) in [6.07, 6.45) is 4.22. The van der Waals surface area contributed by atoms with E-state index in [0.29, 0.717) is 0 Å². The average molecular weight is 85.2 g/mol. The molecule has 27 valence electrons. The van der Waals surface area contributed by atoms with E-state index in [9.17, 15) is 0 Å². The molecule has 1 aliphatic heterocycles. The summed E-state index contributed by atoms with van der Waals surface area (Å²) in [7, 11) is 0. The molecule has 0 saturated heterocycles. The van der Waals surface area contributed by atoms with Gasteiger partial charge in [-0.2, -0.15) is 0 Å². The molecule has 1 rings (SSSR count). The number of thioether (sulfide) groups is 1. The van der Waals surface area contributed by atoms with Crippen molar-refractivity contribution in [2.75, 3.05) is 5.75 Å². The molecule has 0 bridgehead atoms. The highest BCUT2D eigenvalue weighted by Crippen LogP contribution is 2.10. The molecule has 0 fully saturated rings. The first-order valence-electron chi connectivity index (χ1n) is 1.60. The zero-order valence-electron chi connectivity index (χ0n) is 2.85. The fourth-order valence-electron chi connectivity index (χ4n) is 0.278. The van der Waals surface area contributed by atoms with Gasteiger partial charge in [0.05, 0.1) is 0 Å². The summed E-state index contributed by atoms with van der Waals surface area (Å²) in [5, 5.41) is 2.10. The molecule has 0 aliphatic carbocycles. The summed E-state index contributed by atoms with van der Waals surface area (Å²) in [6, 6.07) is 0.